The number of hydrogen-bond acceptors (Lipinski definition) is 3. The van der Waals surface area contributed by atoms with Crippen molar-refractivity contribution < 1.29 is 18.0 Å². The van der Waals surface area contributed by atoms with E-state index >= 15 is 0 Å². The summed E-state index contributed by atoms with van der Waals surface area (Å²) < 4.78 is 32.4. The van der Waals surface area contributed by atoms with Gasteiger partial charge in [0.25, 0.3) is 5.91 Å². The number of anilines is 1. The second kappa shape index (κ2) is 7.63. The van der Waals surface area contributed by atoms with Gasteiger partial charge in [-0.15, -0.1) is 0 Å². The zero-order valence-electron chi connectivity index (χ0n) is 14.3. The van der Waals surface area contributed by atoms with Crippen LogP contribution in [0, 0.1) is 11.6 Å². The van der Waals surface area contributed by atoms with Crippen molar-refractivity contribution in [2.24, 2.45) is 0 Å². The summed E-state index contributed by atoms with van der Waals surface area (Å²) in [6.45, 7) is 0. The summed E-state index contributed by atoms with van der Waals surface area (Å²) in [6, 6.07) is 11.2. The fraction of sp³-hybridized carbons (Fsp3) is 0. The second-order valence-corrected chi connectivity index (χ2v) is 7.20. The second-order valence-electron chi connectivity index (χ2n) is 6.00. The molecule has 29 heavy (non-hydrogen) atoms. The van der Waals surface area contributed by atoms with Gasteiger partial charge in [-0.05, 0) is 42.5 Å². The molecule has 4 aromatic rings. The van der Waals surface area contributed by atoms with Crippen molar-refractivity contribution in [2.75, 3.05) is 5.32 Å². The topological polar surface area (TPSA) is 55.1 Å². The third kappa shape index (κ3) is 3.79. The number of carbonyl (C=O) groups is 1. The molecular formula is C20H9Cl3F2N2O2. The Morgan fingerprint density at radius 1 is 0.966 bits per heavy atom. The van der Waals surface area contributed by atoms with E-state index in [0.29, 0.717) is 16.8 Å². The number of nitrogens with one attached hydrogen (secondary N) is 1. The van der Waals surface area contributed by atoms with Crippen molar-refractivity contribution in [1.82, 2.24) is 4.98 Å². The molecule has 1 N–H and O–H groups in total. The van der Waals surface area contributed by atoms with Gasteiger partial charge in [-0.3, -0.25) is 4.79 Å². The Hall–Kier alpha value is -2.67. The number of hydrogen-bond donors (Lipinski definition) is 1. The average Bonchev–Trinajstić information content (AvgIpc) is 3.09. The number of carbonyl (C=O) groups excluding carboxylic acids is 1. The molecule has 0 atom stereocenters. The van der Waals surface area contributed by atoms with E-state index in [1.54, 1.807) is 36.4 Å². The van der Waals surface area contributed by atoms with Gasteiger partial charge in [-0.25, -0.2) is 13.8 Å². The average molecular weight is 454 g/mol. The van der Waals surface area contributed by atoms with E-state index in [0.717, 1.165) is 12.1 Å². The van der Waals surface area contributed by atoms with Crippen molar-refractivity contribution in [3.05, 3.63) is 80.8 Å². The predicted octanol–water partition coefficient (Wildman–Crippen LogP) is 6.99. The molecule has 0 aliphatic rings. The van der Waals surface area contributed by atoms with Crippen LogP contribution in [0.5, 0.6) is 0 Å². The van der Waals surface area contributed by atoms with Crippen molar-refractivity contribution in [3.63, 3.8) is 0 Å². The molecule has 0 aliphatic carbocycles. The molecule has 9 heteroatoms. The first-order valence-corrected chi connectivity index (χ1v) is 9.28. The Morgan fingerprint density at radius 3 is 2.52 bits per heavy atom. The highest BCUT2D eigenvalue weighted by atomic mass is 35.5. The molecule has 0 aliphatic heterocycles. The van der Waals surface area contributed by atoms with Gasteiger partial charge in [0.2, 0.25) is 5.89 Å². The predicted molar refractivity (Wildman–Crippen MR) is 109 cm³/mol. The molecule has 0 unspecified atom stereocenters. The number of rotatable bonds is 3. The Balaban J connectivity index is 1.66. The number of fused-ring (bicyclic) bond motifs is 1. The Bertz CT molecular complexity index is 1270. The highest BCUT2D eigenvalue weighted by Gasteiger charge is 2.17. The number of oxazole rings is 1. The minimum absolute atomic E-state index is 0.0188. The summed E-state index contributed by atoms with van der Waals surface area (Å²) in [5.41, 5.74) is 1.51. The van der Waals surface area contributed by atoms with Crippen molar-refractivity contribution in [2.45, 2.75) is 0 Å². The Morgan fingerprint density at radius 2 is 1.72 bits per heavy atom. The number of benzene rings is 3. The van der Waals surface area contributed by atoms with Crippen LogP contribution >= 0.6 is 34.8 Å². The largest absolute Gasteiger partial charge is 0.436 e. The summed E-state index contributed by atoms with van der Waals surface area (Å²) in [5.74, 6) is -2.58. The lowest BCUT2D eigenvalue weighted by atomic mass is 10.2. The molecule has 4 nitrogen and oxygen atoms in total. The van der Waals surface area contributed by atoms with Crippen LogP contribution in [0.25, 0.3) is 22.6 Å². The molecule has 0 saturated heterocycles. The van der Waals surface area contributed by atoms with Gasteiger partial charge in [-0.2, -0.15) is 0 Å². The van der Waals surface area contributed by atoms with Gasteiger partial charge in [0.15, 0.2) is 17.2 Å². The van der Waals surface area contributed by atoms with Crippen LogP contribution in [0.2, 0.25) is 15.1 Å². The summed E-state index contributed by atoms with van der Waals surface area (Å²) >= 11 is 18.0. The van der Waals surface area contributed by atoms with Gasteiger partial charge in [0, 0.05) is 5.69 Å². The first kappa shape index (κ1) is 19.6. The zero-order chi connectivity index (χ0) is 20.7. The van der Waals surface area contributed by atoms with Crippen molar-refractivity contribution >= 4 is 57.5 Å². The van der Waals surface area contributed by atoms with Crippen LogP contribution in [-0.4, -0.2) is 10.9 Å². The van der Waals surface area contributed by atoms with Gasteiger partial charge in [0.05, 0.1) is 26.2 Å². The lowest BCUT2D eigenvalue weighted by Crippen LogP contribution is -2.12. The van der Waals surface area contributed by atoms with Crippen LogP contribution in [-0.2, 0) is 0 Å². The highest BCUT2D eigenvalue weighted by Crippen LogP contribution is 2.33. The number of halogens is 5. The van der Waals surface area contributed by atoms with Crippen LogP contribution in [0.15, 0.2) is 52.9 Å². The fourth-order valence-electron chi connectivity index (χ4n) is 2.68. The zero-order valence-corrected chi connectivity index (χ0v) is 16.5. The molecule has 0 radical (unpaired) electrons. The van der Waals surface area contributed by atoms with Crippen molar-refractivity contribution in [3.8, 4) is 11.5 Å². The van der Waals surface area contributed by atoms with Crippen LogP contribution in [0.3, 0.4) is 0 Å². The van der Waals surface area contributed by atoms with E-state index in [9.17, 15) is 13.6 Å². The third-order valence-electron chi connectivity index (χ3n) is 4.08. The molecule has 0 saturated carbocycles. The van der Waals surface area contributed by atoms with E-state index in [4.69, 9.17) is 39.2 Å². The molecule has 1 heterocycles. The van der Waals surface area contributed by atoms with E-state index in [-0.39, 0.29) is 32.1 Å². The fourth-order valence-corrected chi connectivity index (χ4v) is 3.30. The minimum atomic E-state index is -1.07. The normalized spacial score (nSPS) is 11.1. The lowest BCUT2D eigenvalue weighted by molar-refractivity contribution is 0.102. The molecule has 146 valence electrons. The summed E-state index contributed by atoms with van der Waals surface area (Å²) in [4.78, 5) is 16.7. The van der Waals surface area contributed by atoms with E-state index < -0.39 is 17.5 Å². The standard InChI is InChI=1S/C20H9Cl3F2N2O2/c21-12-3-1-2-10(18(12)23)19(28)26-9-4-5-17-16(6-9)27-20(29-17)11-7-14(24)15(25)8-13(11)22/h1-8H,(H,26,28). The monoisotopic (exact) mass is 452 g/mol. The molecule has 4 rings (SSSR count). The minimum Gasteiger partial charge on any atom is -0.436 e. The van der Waals surface area contributed by atoms with Gasteiger partial charge in [0.1, 0.15) is 5.52 Å². The maximum absolute atomic E-state index is 13.6. The first-order chi connectivity index (χ1) is 13.8. The van der Waals surface area contributed by atoms with Crippen molar-refractivity contribution in [1.29, 1.82) is 0 Å². The Labute approximate surface area is 178 Å². The molecule has 1 amide bonds. The highest BCUT2D eigenvalue weighted by molar-refractivity contribution is 6.44. The number of nitrogens with zero attached hydrogens (tertiary/aromatic N) is 1. The molecule has 1 aromatic heterocycles. The van der Waals surface area contributed by atoms with E-state index in [2.05, 4.69) is 10.3 Å². The molecule has 0 fully saturated rings. The maximum Gasteiger partial charge on any atom is 0.257 e. The first-order valence-electron chi connectivity index (χ1n) is 8.14. The summed E-state index contributed by atoms with van der Waals surface area (Å²) in [5, 5.41) is 3.06. The Kier molecular flexibility index (Phi) is 5.17. The van der Waals surface area contributed by atoms with Crippen LogP contribution < -0.4 is 5.32 Å². The maximum atomic E-state index is 13.6. The summed E-state index contributed by atoms with van der Waals surface area (Å²) in [6.07, 6.45) is 0. The lowest BCUT2D eigenvalue weighted by Gasteiger charge is -2.07. The quantitative estimate of drug-likeness (QED) is 0.340. The SMILES string of the molecule is O=C(Nc1ccc2oc(-c3cc(F)c(F)cc3Cl)nc2c1)c1cccc(Cl)c1Cl. The van der Waals surface area contributed by atoms with Gasteiger partial charge in [-0.1, -0.05) is 40.9 Å². The van der Waals surface area contributed by atoms with Crippen LogP contribution in [0.1, 0.15) is 10.4 Å². The number of aromatic nitrogens is 1. The molecular weight excluding hydrogens is 445 g/mol. The van der Waals surface area contributed by atoms with Gasteiger partial charge >= 0.3 is 0 Å². The third-order valence-corrected chi connectivity index (χ3v) is 5.21. The molecule has 0 bridgehead atoms. The smallest absolute Gasteiger partial charge is 0.257 e. The molecule has 3 aromatic carbocycles. The number of amides is 1. The van der Waals surface area contributed by atoms with Gasteiger partial charge < -0.3 is 9.73 Å². The van der Waals surface area contributed by atoms with E-state index in [1.165, 1.54) is 0 Å². The van der Waals surface area contributed by atoms with Crippen LogP contribution in [0.4, 0.5) is 14.5 Å². The summed E-state index contributed by atoms with van der Waals surface area (Å²) in [7, 11) is 0. The van der Waals surface area contributed by atoms with E-state index in [1.807, 2.05) is 0 Å². The molecule has 0 spiro atoms.